The van der Waals surface area contributed by atoms with Gasteiger partial charge in [0.15, 0.2) is 5.82 Å². The van der Waals surface area contributed by atoms with Crippen LogP contribution in [0.25, 0.3) is 11.4 Å². The maximum Gasteiger partial charge on any atom is 0.159 e. The molecule has 42 heavy (non-hydrogen) atoms. The SMILES string of the molecule is CCCCCCCCCCc1cnc(-c2ccc(OCCCCCCCCCCOc3ccc(C=O)cc3)cc2)nc1. The minimum Gasteiger partial charge on any atom is -0.494 e. The molecular weight excluding hydrogens is 520 g/mol. The van der Waals surface area contributed by atoms with E-state index < -0.39 is 0 Å². The molecule has 2 aromatic carbocycles. The van der Waals surface area contributed by atoms with Crippen LogP contribution in [0.5, 0.6) is 11.5 Å². The minimum atomic E-state index is 0.680. The summed E-state index contributed by atoms with van der Waals surface area (Å²) in [6.07, 6.45) is 26.2. The molecule has 0 saturated carbocycles. The molecule has 228 valence electrons. The first-order valence-corrected chi connectivity index (χ1v) is 16.5. The molecule has 0 N–H and O–H groups in total. The first kappa shape index (κ1) is 33.3. The number of hydrogen-bond donors (Lipinski definition) is 0. The van der Waals surface area contributed by atoms with Crippen LogP contribution in [0, 0.1) is 0 Å². The zero-order valence-corrected chi connectivity index (χ0v) is 25.9. The van der Waals surface area contributed by atoms with E-state index in [1.165, 1.54) is 95.5 Å². The Kier molecular flexibility index (Phi) is 17.0. The van der Waals surface area contributed by atoms with E-state index in [0.717, 1.165) is 61.6 Å². The Balaban J connectivity index is 1.16. The molecule has 0 fully saturated rings. The van der Waals surface area contributed by atoms with Gasteiger partial charge in [-0.15, -0.1) is 0 Å². The van der Waals surface area contributed by atoms with E-state index in [-0.39, 0.29) is 0 Å². The Morgan fingerprint density at radius 2 is 1.02 bits per heavy atom. The van der Waals surface area contributed by atoms with Gasteiger partial charge in [0.05, 0.1) is 13.2 Å². The number of aryl methyl sites for hydroxylation is 1. The third-order valence-electron chi connectivity index (χ3n) is 7.73. The summed E-state index contributed by atoms with van der Waals surface area (Å²) >= 11 is 0. The topological polar surface area (TPSA) is 61.3 Å². The van der Waals surface area contributed by atoms with E-state index in [1.54, 1.807) is 12.1 Å². The van der Waals surface area contributed by atoms with Crippen LogP contribution in [0.3, 0.4) is 0 Å². The van der Waals surface area contributed by atoms with E-state index in [0.29, 0.717) is 5.56 Å². The summed E-state index contributed by atoms with van der Waals surface area (Å²) < 4.78 is 11.7. The van der Waals surface area contributed by atoms with Crippen LogP contribution in [0.1, 0.15) is 126 Å². The molecule has 0 bridgehead atoms. The number of unbranched alkanes of at least 4 members (excludes halogenated alkanes) is 14. The molecule has 0 atom stereocenters. The smallest absolute Gasteiger partial charge is 0.159 e. The number of aldehydes is 1. The lowest BCUT2D eigenvalue weighted by Gasteiger charge is -2.08. The summed E-state index contributed by atoms with van der Waals surface area (Å²) in [4.78, 5) is 19.9. The van der Waals surface area contributed by atoms with Crippen LogP contribution < -0.4 is 9.47 Å². The Morgan fingerprint density at radius 3 is 1.52 bits per heavy atom. The predicted molar refractivity (Wildman–Crippen MR) is 174 cm³/mol. The van der Waals surface area contributed by atoms with Crippen molar-refractivity contribution >= 4 is 6.29 Å². The molecule has 0 aliphatic carbocycles. The average molecular weight is 573 g/mol. The second-order valence-electron chi connectivity index (χ2n) is 11.4. The van der Waals surface area contributed by atoms with Crippen molar-refractivity contribution in [3.8, 4) is 22.9 Å². The van der Waals surface area contributed by atoms with Crippen LogP contribution in [-0.4, -0.2) is 29.5 Å². The number of nitrogens with zero attached hydrogens (tertiary/aromatic N) is 2. The quantitative estimate of drug-likeness (QED) is 0.0789. The highest BCUT2D eigenvalue weighted by Gasteiger charge is 2.04. The molecule has 3 rings (SSSR count). The third kappa shape index (κ3) is 14.1. The lowest BCUT2D eigenvalue weighted by Crippen LogP contribution is -1.98. The van der Waals surface area contributed by atoms with Crippen molar-refractivity contribution in [1.29, 1.82) is 0 Å². The fourth-order valence-corrected chi connectivity index (χ4v) is 5.08. The molecule has 0 unspecified atom stereocenters. The van der Waals surface area contributed by atoms with Gasteiger partial charge in [-0.05, 0) is 79.8 Å². The summed E-state index contributed by atoms with van der Waals surface area (Å²) in [5, 5.41) is 0. The van der Waals surface area contributed by atoms with Crippen molar-refractivity contribution in [3.63, 3.8) is 0 Å². The first-order valence-electron chi connectivity index (χ1n) is 16.5. The van der Waals surface area contributed by atoms with Crippen LogP contribution in [0.15, 0.2) is 60.9 Å². The van der Waals surface area contributed by atoms with Crippen LogP contribution in [-0.2, 0) is 6.42 Å². The monoisotopic (exact) mass is 572 g/mol. The number of hydrogen-bond acceptors (Lipinski definition) is 5. The first-order chi connectivity index (χ1) is 20.8. The number of carbonyl (C=O) groups is 1. The Morgan fingerprint density at radius 1 is 0.571 bits per heavy atom. The van der Waals surface area contributed by atoms with E-state index in [9.17, 15) is 4.79 Å². The van der Waals surface area contributed by atoms with E-state index in [4.69, 9.17) is 9.47 Å². The summed E-state index contributed by atoms with van der Waals surface area (Å²) in [5.74, 6) is 2.52. The van der Waals surface area contributed by atoms with Gasteiger partial charge in [0.1, 0.15) is 17.8 Å². The summed E-state index contributed by atoms with van der Waals surface area (Å²) in [5.41, 5.74) is 2.94. The van der Waals surface area contributed by atoms with Gasteiger partial charge < -0.3 is 9.47 Å². The number of benzene rings is 2. The van der Waals surface area contributed by atoms with Gasteiger partial charge in [0, 0.05) is 23.5 Å². The van der Waals surface area contributed by atoms with Crippen LogP contribution in [0.2, 0.25) is 0 Å². The molecule has 0 aliphatic heterocycles. The number of rotatable bonds is 24. The highest BCUT2D eigenvalue weighted by atomic mass is 16.5. The second-order valence-corrected chi connectivity index (χ2v) is 11.4. The Hall–Kier alpha value is -3.21. The van der Waals surface area contributed by atoms with Crippen molar-refractivity contribution in [2.24, 2.45) is 0 Å². The molecule has 0 spiro atoms. The molecule has 0 saturated heterocycles. The highest BCUT2D eigenvalue weighted by Crippen LogP contribution is 2.20. The predicted octanol–water partition coefficient (Wildman–Crippen LogP) is 10.2. The number of ether oxygens (including phenoxy) is 2. The van der Waals surface area contributed by atoms with Gasteiger partial charge in [0.2, 0.25) is 0 Å². The maximum atomic E-state index is 10.7. The van der Waals surface area contributed by atoms with Crippen molar-refractivity contribution in [3.05, 3.63) is 72.1 Å². The standard InChI is InChI=1S/C37H52N2O3/c1-2-3-4-5-6-9-12-15-18-33-29-38-37(39-30-33)34-21-25-36(26-22-34)42-28-17-14-11-8-7-10-13-16-27-41-35-23-19-32(31-40)20-24-35/h19-26,29-31H,2-18,27-28H2,1H3. The molecule has 0 radical (unpaired) electrons. The lowest BCUT2D eigenvalue weighted by atomic mass is 10.1. The minimum absolute atomic E-state index is 0.680. The van der Waals surface area contributed by atoms with Crippen molar-refractivity contribution < 1.29 is 14.3 Å². The second kappa shape index (κ2) is 21.5. The van der Waals surface area contributed by atoms with Crippen molar-refractivity contribution in [1.82, 2.24) is 9.97 Å². The van der Waals surface area contributed by atoms with Crippen LogP contribution in [0.4, 0.5) is 0 Å². The Bertz CT molecular complexity index is 1080. The molecular formula is C37H52N2O3. The zero-order valence-electron chi connectivity index (χ0n) is 25.9. The molecule has 3 aromatic rings. The fraction of sp³-hybridized carbons (Fsp3) is 0.541. The largest absolute Gasteiger partial charge is 0.494 e. The number of carbonyl (C=O) groups excluding carboxylic acids is 1. The van der Waals surface area contributed by atoms with Gasteiger partial charge in [-0.25, -0.2) is 9.97 Å². The fourth-order valence-electron chi connectivity index (χ4n) is 5.08. The summed E-state index contributed by atoms with van der Waals surface area (Å²) in [6.45, 7) is 3.76. The molecule has 5 nitrogen and oxygen atoms in total. The molecule has 1 aromatic heterocycles. The summed E-state index contributed by atoms with van der Waals surface area (Å²) in [6, 6.07) is 15.4. The molecule has 0 aliphatic rings. The van der Waals surface area contributed by atoms with Gasteiger partial charge >= 0.3 is 0 Å². The van der Waals surface area contributed by atoms with Crippen molar-refractivity contribution in [2.45, 2.75) is 116 Å². The molecule has 0 amide bonds. The third-order valence-corrected chi connectivity index (χ3v) is 7.73. The summed E-state index contributed by atoms with van der Waals surface area (Å²) in [7, 11) is 0. The average Bonchev–Trinajstić information content (AvgIpc) is 3.04. The van der Waals surface area contributed by atoms with Gasteiger partial charge in [-0.3, -0.25) is 4.79 Å². The van der Waals surface area contributed by atoms with E-state index >= 15 is 0 Å². The van der Waals surface area contributed by atoms with Crippen LogP contribution >= 0.6 is 0 Å². The number of aromatic nitrogens is 2. The molecule has 5 heteroatoms. The maximum absolute atomic E-state index is 10.7. The van der Waals surface area contributed by atoms with Gasteiger partial charge in [-0.1, -0.05) is 90.4 Å². The van der Waals surface area contributed by atoms with E-state index in [1.807, 2.05) is 36.7 Å². The zero-order chi connectivity index (χ0) is 29.5. The van der Waals surface area contributed by atoms with Gasteiger partial charge in [0.25, 0.3) is 0 Å². The highest BCUT2D eigenvalue weighted by molar-refractivity contribution is 5.74. The molecule has 1 heterocycles. The lowest BCUT2D eigenvalue weighted by molar-refractivity contribution is 0.112. The van der Waals surface area contributed by atoms with Crippen molar-refractivity contribution in [2.75, 3.05) is 13.2 Å². The Labute approximate surface area is 254 Å². The van der Waals surface area contributed by atoms with Gasteiger partial charge in [-0.2, -0.15) is 0 Å². The normalized spacial score (nSPS) is 11.0. The van der Waals surface area contributed by atoms with E-state index in [2.05, 4.69) is 29.0 Å².